The Morgan fingerprint density at radius 3 is 2.79 bits per heavy atom. The number of ether oxygens (including phenoxy) is 1. The average molecular weight is 195 g/mol. The average Bonchev–Trinajstić information content (AvgIpc) is 2.64. The molecule has 2 rings (SSSR count). The molecule has 0 saturated heterocycles. The Morgan fingerprint density at radius 1 is 1.43 bits per heavy atom. The first-order chi connectivity index (χ1) is 6.75. The second-order valence-corrected chi connectivity index (χ2v) is 3.76. The molecule has 1 aliphatic rings. The van der Waals surface area contributed by atoms with E-state index in [1.807, 2.05) is 0 Å². The van der Waals surface area contributed by atoms with Gasteiger partial charge in [0.2, 0.25) is 0 Å². The van der Waals surface area contributed by atoms with E-state index in [0.717, 1.165) is 12.8 Å². The maximum absolute atomic E-state index is 13.1. The zero-order valence-electron chi connectivity index (χ0n) is 8.29. The fraction of sp³-hybridized carbons (Fsp3) is 0.545. The van der Waals surface area contributed by atoms with E-state index in [9.17, 15) is 4.39 Å². The van der Waals surface area contributed by atoms with Crippen LogP contribution in [0.5, 0.6) is 5.75 Å². The van der Waals surface area contributed by atoms with Crippen LogP contribution in [0.3, 0.4) is 0 Å². The van der Waals surface area contributed by atoms with Crippen molar-refractivity contribution in [3.8, 4) is 5.75 Å². The van der Waals surface area contributed by atoms with E-state index in [1.165, 1.54) is 18.9 Å². The fourth-order valence-corrected chi connectivity index (χ4v) is 1.75. The first kappa shape index (κ1) is 9.44. The number of pyridine rings is 1. The molecule has 1 aliphatic carbocycles. The first-order valence-electron chi connectivity index (χ1n) is 5.04. The molecule has 1 fully saturated rings. The lowest BCUT2D eigenvalue weighted by atomic mass is 10.3. The Balaban J connectivity index is 2.05. The molecule has 0 atom stereocenters. The minimum atomic E-state index is -0.291. The van der Waals surface area contributed by atoms with Crippen molar-refractivity contribution in [1.82, 2.24) is 4.98 Å². The van der Waals surface area contributed by atoms with Gasteiger partial charge in [-0.25, -0.2) is 4.39 Å². The molecule has 0 amide bonds. The number of rotatable bonds is 2. The van der Waals surface area contributed by atoms with Crippen LogP contribution in [-0.2, 0) is 0 Å². The van der Waals surface area contributed by atoms with Gasteiger partial charge in [-0.2, -0.15) is 0 Å². The summed E-state index contributed by atoms with van der Waals surface area (Å²) in [7, 11) is 0. The van der Waals surface area contributed by atoms with E-state index in [2.05, 4.69) is 4.98 Å². The lowest BCUT2D eigenvalue weighted by Crippen LogP contribution is -2.11. The minimum absolute atomic E-state index is 0.263. The summed E-state index contributed by atoms with van der Waals surface area (Å²) in [6.07, 6.45) is 6.44. The number of halogens is 1. The summed E-state index contributed by atoms with van der Waals surface area (Å²) in [6.45, 7) is 1.65. The molecule has 0 unspecified atom stereocenters. The molecule has 1 aromatic heterocycles. The van der Waals surface area contributed by atoms with Crippen LogP contribution in [0.4, 0.5) is 4.39 Å². The predicted octanol–water partition coefficient (Wildman–Crippen LogP) is 2.85. The number of aryl methyl sites for hydroxylation is 1. The predicted molar refractivity (Wildman–Crippen MR) is 51.8 cm³/mol. The molecule has 0 aliphatic heterocycles. The second-order valence-electron chi connectivity index (χ2n) is 3.76. The van der Waals surface area contributed by atoms with Gasteiger partial charge in [-0.05, 0) is 32.6 Å². The topological polar surface area (TPSA) is 22.1 Å². The van der Waals surface area contributed by atoms with Crippen molar-refractivity contribution in [2.45, 2.75) is 38.7 Å². The third-order valence-corrected chi connectivity index (χ3v) is 2.61. The quantitative estimate of drug-likeness (QED) is 0.724. The highest BCUT2D eigenvalue weighted by atomic mass is 19.1. The SMILES string of the molecule is Cc1ncc(OC2CCCC2)cc1F. The lowest BCUT2D eigenvalue weighted by Gasteiger charge is -2.12. The molecule has 0 spiro atoms. The van der Waals surface area contributed by atoms with Crippen molar-refractivity contribution in [2.24, 2.45) is 0 Å². The van der Waals surface area contributed by atoms with Crippen LogP contribution in [0.2, 0.25) is 0 Å². The van der Waals surface area contributed by atoms with Crippen molar-refractivity contribution >= 4 is 0 Å². The molecule has 1 aromatic rings. The zero-order chi connectivity index (χ0) is 9.97. The summed E-state index contributed by atoms with van der Waals surface area (Å²) >= 11 is 0. The summed E-state index contributed by atoms with van der Waals surface area (Å²) in [5.41, 5.74) is 0.420. The van der Waals surface area contributed by atoms with Crippen molar-refractivity contribution in [3.05, 3.63) is 23.8 Å². The van der Waals surface area contributed by atoms with Crippen molar-refractivity contribution < 1.29 is 9.13 Å². The standard InChI is InChI=1S/C11H14FNO/c1-8-11(12)6-10(7-13-8)14-9-4-2-3-5-9/h6-7,9H,2-5H2,1H3. The van der Waals surface area contributed by atoms with E-state index in [4.69, 9.17) is 4.74 Å². The highest BCUT2D eigenvalue weighted by molar-refractivity contribution is 5.21. The Labute approximate surface area is 83.1 Å². The van der Waals surface area contributed by atoms with Crippen LogP contribution in [0, 0.1) is 12.7 Å². The molecule has 0 radical (unpaired) electrons. The molecule has 0 aromatic carbocycles. The molecule has 2 nitrogen and oxygen atoms in total. The summed E-state index contributed by atoms with van der Waals surface area (Å²) in [4.78, 5) is 3.92. The second kappa shape index (κ2) is 3.95. The Morgan fingerprint density at radius 2 is 2.14 bits per heavy atom. The van der Waals surface area contributed by atoms with Gasteiger partial charge in [-0.3, -0.25) is 4.98 Å². The number of nitrogens with zero attached hydrogens (tertiary/aromatic N) is 1. The van der Waals surface area contributed by atoms with Crippen molar-refractivity contribution in [3.63, 3.8) is 0 Å². The van der Waals surface area contributed by atoms with Crippen molar-refractivity contribution in [2.75, 3.05) is 0 Å². The summed E-state index contributed by atoms with van der Waals surface area (Å²) in [5, 5.41) is 0. The van der Waals surface area contributed by atoms with E-state index < -0.39 is 0 Å². The fourth-order valence-electron chi connectivity index (χ4n) is 1.75. The molecule has 0 bridgehead atoms. The normalized spacial score (nSPS) is 17.3. The van der Waals surface area contributed by atoms with Gasteiger partial charge in [0.15, 0.2) is 0 Å². The molecule has 1 heterocycles. The van der Waals surface area contributed by atoms with Gasteiger partial charge >= 0.3 is 0 Å². The van der Waals surface area contributed by atoms with Crippen LogP contribution >= 0.6 is 0 Å². The Bertz CT molecular complexity index is 321. The van der Waals surface area contributed by atoms with E-state index >= 15 is 0 Å². The van der Waals surface area contributed by atoms with E-state index in [-0.39, 0.29) is 11.9 Å². The van der Waals surface area contributed by atoms with Crippen LogP contribution < -0.4 is 4.74 Å². The van der Waals surface area contributed by atoms with E-state index in [1.54, 1.807) is 13.1 Å². The highest BCUT2D eigenvalue weighted by Crippen LogP contribution is 2.24. The molecule has 76 valence electrons. The third kappa shape index (κ3) is 2.03. The molecule has 0 N–H and O–H groups in total. The summed E-state index contributed by atoms with van der Waals surface area (Å²) in [5.74, 6) is 0.264. The van der Waals surface area contributed by atoms with Crippen LogP contribution in [0.15, 0.2) is 12.3 Å². The van der Waals surface area contributed by atoms with Gasteiger partial charge in [0, 0.05) is 6.07 Å². The molecular formula is C11H14FNO. The molecule has 14 heavy (non-hydrogen) atoms. The van der Waals surface area contributed by atoms with Gasteiger partial charge in [-0.1, -0.05) is 0 Å². The number of aromatic nitrogens is 1. The molecular weight excluding hydrogens is 181 g/mol. The number of hydrogen-bond donors (Lipinski definition) is 0. The summed E-state index contributed by atoms with van der Waals surface area (Å²) < 4.78 is 18.7. The first-order valence-corrected chi connectivity index (χ1v) is 5.04. The third-order valence-electron chi connectivity index (χ3n) is 2.61. The van der Waals surface area contributed by atoms with Gasteiger partial charge in [0.25, 0.3) is 0 Å². The van der Waals surface area contributed by atoms with Gasteiger partial charge < -0.3 is 4.74 Å². The summed E-state index contributed by atoms with van der Waals surface area (Å²) in [6, 6.07) is 1.42. The number of hydrogen-bond acceptors (Lipinski definition) is 2. The Hall–Kier alpha value is -1.12. The van der Waals surface area contributed by atoms with E-state index in [0.29, 0.717) is 11.4 Å². The smallest absolute Gasteiger partial charge is 0.148 e. The molecule has 1 saturated carbocycles. The zero-order valence-corrected chi connectivity index (χ0v) is 8.29. The maximum Gasteiger partial charge on any atom is 0.148 e. The van der Waals surface area contributed by atoms with Crippen molar-refractivity contribution in [1.29, 1.82) is 0 Å². The van der Waals surface area contributed by atoms with Gasteiger partial charge in [-0.15, -0.1) is 0 Å². The van der Waals surface area contributed by atoms with Gasteiger partial charge in [0.05, 0.1) is 18.0 Å². The van der Waals surface area contributed by atoms with Crippen LogP contribution in [-0.4, -0.2) is 11.1 Å². The minimum Gasteiger partial charge on any atom is -0.489 e. The van der Waals surface area contributed by atoms with Gasteiger partial charge in [0.1, 0.15) is 11.6 Å². The lowest BCUT2D eigenvalue weighted by molar-refractivity contribution is 0.208. The molecule has 3 heteroatoms. The largest absolute Gasteiger partial charge is 0.489 e. The highest BCUT2D eigenvalue weighted by Gasteiger charge is 2.16. The maximum atomic E-state index is 13.1. The monoisotopic (exact) mass is 195 g/mol. The van der Waals surface area contributed by atoms with Crippen LogP contribution in [0.1, 0.15) is 31.4 Å². The Kier molecular flexibility index (Phi) is 2.66. The van der Waals surface area contributed by atoms with Crippen LogP contribution in [0.25, 0.3) is 0 Å².